The molecule has 154 valence electrons. The Hall–Kier alpha value is -3.36. The number of halogens is 4. The monoisotopic (exact) mass is 409 g/mol. The lowest BCUT2D eigenvalue weighted by Gasteiger charge is -2.13. The van der Waals surface area contributed by atoms with Gasteiger partial charge in [0, 0.05) is 35.8 Å². The van der Waals surface area contributed by atoms with Gasteiger partial charge in [-0.2, -0.15) is 8.78 Å². The van der Waals surface area contributed by atoms with Crippen LogP contribution in [-0.2, 0) is 10.7 Å². The fourth-order valence-electron chi connectivity index (χ4n) is 2.30. The van der Waals surface area contributed by atoms with Crippen LogP contribution in [0.15, 0.2) is 60.3 Å². The molecule has 3 N–H and O–H groups in total. The third-order valence-corrected chi connectivity index (χ3v) is 3.74. The van der Waals surface area contributed by atoms with Crippen molar-refractivity contribution in [1.29, 1.82) is 5.41 Å². The van der Waals surface area contributed by atoms with Gasteiger partial charge in [-0.05, 0) is 43.3 Å². The summed E-state index contributed by atoms with van der Waals surface area (Å²) in [4.78, 5) is 12.5. The summed E-state index contributed by atoms with van der Waals surface area (Å²) in [6.45, 7) is -0.790. The summed E-state index contributed by atoms with van der Waals surface area (Å²) >= 11 is 0. The average Bonchev–Trinajstić information content (AvgIpc) is 2.62. The predicted molar refractivity (Wildman–Crippen MR) is 103 cm³/mol. The molecule has 0 spiro atoms. The van der Waals surface area contributed by atoms with Crippen LogP contribution in [0.1, 0.15) is 19.4 Å². The number of hydrogen-bond acceptors (Lipinski definition) is 4. The van der Waals surface area contributed by atoms with Crippen molar-refractivity contribution in [2.75, 3.05) is 10.6 Å². The second kappa shape index (κ2) is 9.22. The number of ether oxygens (including phenoxy) is 1. The van der Waals surface area contributed by atoms with Gasteiger partial charge < -0.3 is 20.8 Å². The van der Waals surface area contributed by atoms with Gasteiger partial charge >= 0.3 is 6.61 Å². The number of anilines is 2. The van der Waals surface area contributed by atoms with Crippen molar-refractivity contribution in [3.05, 3.63) is 65.9 Å². The maximum absolute atomic E-state index is 13.4. The first-order chi connectivity index (χ1) is 13.6. The zero-order chi connectivity index (χ0) is 21.6. The molecule has 2 aromatic carbocycles. The van der Waals surface area contributed by atoms with E-state index in [1.165, 1.54) is 55.6 Å². The van der Waals surface area contributed by atoms with Crippen LogP contribution in [0.25, 0.3) is 0 Å². The van der Waals surface area contributed by atoms with Gasteiger partial charge in [0.25, 0.3) is 11.8 Å². The third-order valence-electron chi connectivity index (χ3n) is 3.74. The first-order valence-electron chi connectivity index (χ1n) is 8.43. The van der Waals surface area contributed by atoms with E-state index >= 15 is 0 Å². The Labute approximate surface area is 164 Å². The molecule has 5 nitrogen and oxygen atoms in total. The zero-order valence-electron chi connectivity index (χ0n) is 15.6. The zero-order valence-corrected chi connectivity index (χ0v) is 15.6. The molecule has 0 saturated heterocycles. The molecule has 0 saturated carbocycles. The largest absolute Gasteiger partial charge is 0.435 e. The van der Waals surface area contributed by atoms with Crippen molar-refractivity contribution >= 4 is 23.0 Å². The Morgan fingerprint density at radius 3 is 2.34 bits per heavy atom. The van der Waals surface area contributed by atoms with Crippen LogP contribution in [0.3, 0.4) is 0 Å². The summed E-state index contributed by atoms with van der Waals surface area (Å²) < 4.78 is 55.5. The SMILES string of the molecule is CC(=N)/C(=C\Nc1ccc(OC(F)F)cc1)C(=O)Nc1cccc(C(C)(F)F)c1. The summed E-state index contributed by atoms with van der Waals surface area (Å²) in [5.74, 6) is -3.75. The van der Waals surface area contributed by atoms with Crippen molar-refractivity contribution in [3.63, 3.8) is 0 Å². The van der Waals surface area contributed by atoms with Crippen LogP contribution in [0.2, 0.25) is 0 Å². The standard InChI is InChI=1S/C20H19F4N3O2/c1-12(25)17(11-26-14-6-8-16(9-7-14)29-19(21)22)18(28)27-15-5-3-4-13(10-15)20(2,23)24/h3-11,19,25-26H,1-2H3,(H,27,28)/b17-11+,25-12?. The van der Waals surface area contributed by atoms with Gasteiger partial charge in [-0.3, -0.25) is 4.79 Å². The van der Waals surface area contributed by atoms with Gasteiger partial charge in [0.15, 0.2) is 0 Å². The van der Waals surface area contributed by atoms with Gasteiger partial charge in [-0.1, -0.05) is 12.1 Å². The van der Waals surface area contributed by atoms with E-state index in [-0.39, 0.29) is 28.3 Å². The lowest BCUT2D eigenvalue weighted by molar-refractivity contribution is -0.112. The number of rotatable bonds is 8. The molecule has 2 rings (SSSR count). The number of carbonyl (C=O) groups is 1. The van der Waals surface area contributed by atoms with Crippen LogP contribution in [0.5, 0.6) is 5.75 Å². The van der Waals surface area contributed by atoms with Crippen molar-refractivity contribution < 1.29 is 27.1 Å². The first kappa shape index (κ1) is 21.9. The smallest absolute Gasteiger partial charge is 0.387 e. The van der Waals surface area contributed by atoms with Crippen molar-refractivity contribution in [2.24, 2.45) is 0 Å². The molecule has 0 aromatic heterocycles. The highest BCUT2D eigenvalue weighted by molar-refractivity contribution is 6.23. The summed E-state index contributed by atoms with van der Waals surface area (Å²) in [5.41, 5.74) is 0.272. The van der Waals surface area contributed by atoms with Gasteiger partial charge in [-0.15, -0.1) is 0 Å². The maximum atomic E-state index is 13.4. The van der Waals surface area contributed by atoms with E-state index in [2.05, 4.69) is 15.4 Å². The van der Waals surface area contributed by atoms with Gasteiger partial charge in [-0.25, -0.2) is 8.78 Å². The second-order valence-corrected chi connectivity index (χ2v) is 6.15. The Bertz CT molecular complexity index is 907. The van der Waals surface area contributed by atoms with E-state index in [1.54, 1.807) is 0 Å². The van der Waals surface area contributed by atoms with E-state index in [1.807, 2.05) is 0 Å². The molecule has 0 aliphatic heterocycles. The minimum atomic E-state index is -3.06. The van der Waals surface area contributed by atoms with Crippen LogP contribution < -0.4 is 15.4 Å². The highest BCUT2D eigenvalue weighted by atomic mass is 19.3. The second-order valence-electron chi connectivity index (χ2n) is 6.15. The molecule has 29 heavy (non-hydrogen) atoms. The van der Waals surface area contributed by atoms with E-state index in [9.17, 15) is 22.4 Å². The fraction of sp³-hybridized carbons (Fsp3) is 0.200. The molecule has 0 atom stereocenters. The van der Waals surface area contributed by atoms with Gasteiger partial charge in [0.2, 0.25) is 0 Å². The number of amides is 1. The Balaban J connectivity index is 2.12. The van der Waals surface area contributed by atoms with E-state index in [4.69, 9.17) is 5.41 Å². The van der Waals surface area contributed by atoms with Crippen LogP contribution in [-0.4, -0.2) is 18.2 Å². The fourth-order valence-corrected chi connectivity index (χ4v) is 2.30. The molecule has 0 aliphatic rings. The molecule has 9 heteroatoms. The lowest BCUT2D eigenvalue weighted by atomic mass is 10.1. The molecular formula is C20H19F4N3O2. The van der Waals surface area contributed by atoms with Crippen molar-refractivity contribution in [2.45, 2.75) is 26.4 Å². The topological polar surface area (TPSA) is 74.2 Å². The average molecular weight is 409 g/mol. The summed E-state index contributed by atoms with van der Waals surface area (Å²) in [7, 11) is 0. The first-order valence-corrected chi connectivity index (χ1v) is 8.43. The minimum Gasteiger partial charge on any atom is -0.435 e. The summed E-state index contributed by atoms with van der Waals surface area (Å²) in [5, 5.41) is 13.0. The van der Waals surface area contributed by atoms with Crippen LogP contribution >= 0.6 is 0 Å². The summed E-state index contributed by atoms with van der Waals surface area (Å²) in [6.07, 6.45) is 1.26. The molecule has 0 heterocycles. The number of benzene rings is 2. The third kappa shape index (κ3) is 6.63. The lowest BCUT2D eigenvalue weighted by Crippen LogP contribution is -2.20. The van der Waals surface area contributed by atoms with Crippen LogP contribution in [0.4, 0.5) is 28.9 Å². The molecule has 0 bridgehead atoms. The molecule has 0 fully saturated rings. The molecular weight excluding hydrogens is 390 g/mol. The predicted octanol–water partition coefficient (Wildman–Crippen LogP) is 5.37. The molecule has 0 unspecified atom stereocenters. The molecule has 1 amide bonds. The minimum absolute atomic E-state index is 0.0247. The van der Waals surface area contributed by atoms with E-state index < -0.39 is 18.4 Å². The number of nitrogens with one attached hydrogen (secondary N) is 3. The summed E-state index contributed by atoms with van der Waals surface area (Å²) in [6, 6.07) is 10.8. The highest BCUT2D eigenvalue weighted by Crippen LogP contribution is 2.28. The molecule has 0 radical (unpaired) electrons. The van der Waals surface area contributed by atoms with Crippen molar-refractivity contribution in [3.8, 4) is 5.75 Å². The highest BCUT2D eigenvalue weighted by Gasteiger charge is 2.24. The van der Waals surface area contributed by atoms with Crippen LogP contribution in [0, 0.1) is 5.41 Å². The van der Waals surface area contributed by atoms with Gasteiger partial charge in [0.05, 0.1) is 5.57 Å². The van der Waals surface area contributed by atoms with E-state index in [0.29, 0.717) is 5.69 Å². The van der Waals surface area contributed by atoms with E-state index in [0.717, 1.165) is 13.0 Å². The number of hydrogen-bond donors (Lipinski definition) is 3. The Morgan fingerprint density at radius 2 is 1.79 bits per heavy atom. The quantitative estimate of drug-likeness (QED) is 0.312. The normalized spacial score (nSPS) is 11.9. The van der Waals surface area contributed by atoms with Crippen molar-refractivity contribution in [1.82, 2.24) is 0 Å². The molecule has 2 aromatic rings. The van der Waals surface area contributed by atoms with Gasteiger partial charge in [0.1, 0.15) is 5.75 Å². The maximum Gasteiger partial charge on any atom is 0.387 e. The molecule has 0 aliphatic carbocycles. The number of carbonyl (C=O) groups excluding carboxylic acids is 1. The Morgan fingerprint density at radius 1 is 1.14 bits per heavy atom. The number of alkyl halides is 4. The Kier molecular flexibility index (Phi) is 6.98.